The van der Waals surface area contributed by atoms with Gasteiger partial charge in [0.2, 0.25) is 5.91 Å². The summed E-state index contributed by atoms with van der Waals surface area (Å²) < 4.78 is 10.4. The van der Waals surface area contributed by atoms with E-state index >= 15 is 0 Å². The summed E-state index contributed by atoms with van der Waals surface area (Å²) in [7, 11) is 0. The molecule has 6 nitrogen and oxygen atoms in total. The molecule has 20 heavy (non-hydrogen) atoms. The summed E-state index contributed by atoms with van der Waals surface area (Å²) in [5.41, 5.74) is 0. The molecule has 0 aromatic rings. The molecule has 0 aromatic heterocycles. The van der Waals surface area contributed by atoms with Gasteiger partial charge in [-0.3, -0.25) is 4.79 Å². The second-order valence-electron chi connectivity index (χ2n) is 5.48. The van der Waals surface area contributed by atoms with Gasteiger partial charge in [-0.2, -0.15) is 0 Å². The van der Waals surface area contributed by atoms with Gasteiger partial charge in [-0.25, -0.2) is 4.79 Å². The van der Waals surface area contributed by atoms with Gasteiger partial charge >= 0.3 is 6.09 Å². The van der Waals surface area contributed by atoms with Gasteiger partial charge in [0.1, 0.15) is 12.6 Å². The van der Waals surface area contributed by atoms with Crippen molar-refractivity contribution >= 4 is 12.0 Å². The Bertz CT molecular complexity index is 329. The Morgan fingerprint density at radius 2 is 2.00 bits per heavy atom. The highest BCUT2D eigenvalue weighted by Gasteiger charge is 2.29. The number of rotatable bonds is 7. The van der Waals surface area contributed by atoms with Crippen LogP contribution >= 0.6 is 0 Å². The molecule has 2 fully saturated rings. The predicted molar refractivity (Wildman–Crippen MR) is 73.3 cm³/mol. The number of β-lactam (4-membered cyclic amide) rings is 1. The van der Waals surface area contributed by atoms with Crippen molar-refractivity contribution in [2.45, 2.75) is 44.6 Å². The molecule has 1 aliphatic carbocycles. The van der Waals surface area contributed by atoms with Gasteiger partial charge < -0.3 is 20.1 Å². The van der Waals surface area contributed by atoms with Gasteiger partial charge in [-0.15, -0.1) is 0 Å². The third kappa shape index (κ3) is 5.00. The van der Waals surface area contributed by atoms with Crippen LogP contribution in [0.15, 0.2) is 0 Å². The fraction of sp³-hybridized carbons (Fsp3) is 0.857. The summed E-state index contributed by atoms with van der Waals surface area (Å²) in [6, 6.07) is -0.435. The molecule has 6 heteroatoms. The number of ether oxygens (including phenoxy) is 2. The SMILES string of the molecule is O=C(N[C@H]1CNC1=O)OCCOCCC1CCCCC1. The summed E-state index contributed by atoms with van der Waals surface area (Å²) in [6.45, 7) is 1.86. The fourth-order valence-corrected chi connectivity index (χ4v) is 2.61. The maximum absolute atomic E-state index is 11.3. The van der Waals surface area contributed by atoms with Crippen LogP contribution in [-0.4, -0.2) is 44.4 Å². The van der Waals surface area contributed by atoms with Crippen LogP contribution in [0.25, 0.3) is 0 Å². The van der Waals surface area contributed by atoms with Gasteiger partial charge in [0.15, 0.2) is 0 Å². The van der Waals surface area contributed by atoms with Crippen molar-refractivity contribution in [3.63, 3.8) is 0 Å². The van der Waals surface area contributed by atoms with Crippen LogP contribution < -0.4 is 10.6 Å². The van der Waals surface area contributed by atoms with Crippen LogP contribution in [0.4, 0.5) is 4.79 Å². The number of carbonyl (C=O) groups is 2. The third-order valence-corrected chi connectivity index (χ3v) is 3.94. The van der Waals surface area contributed by atoms with E-state index in [0.717, 1.165) is 18.9 Å². The van der Waals surface area contributed by atoms with Crippen LogP contribution in [0, 0.1) is 5.92 Å². The topological polar surface area (TPSA) is 76.7 Å². The smallest absolute Gasteiger partial charge is 0.407 e. The van der Waals surface area contributed by atoms with E-state index < -0.39 is 12.1 Å². The van der Waals surface area contributed by atoms with Crippen LogP contribution in [0.2, 0.25) is 0 Å². The number of hydrogen-bond acceptors (Lipinski definition) is 4. The maximum Gasteiger partial charge on any atom is 0.407 e. The molecule has 0 bridgehead atoms. The van der Waals surface area contributed by atoms with Crippen molar-refractivity contribution in [2.24, 2.45) is 5.92 Å². The summed E-state index contributed by atoms with van der Waals surface area (Å²) in [4.78, 5) is 22.2. The Hall–Kier alpha value is -1.30. The summed E-state index contributed by atoms with van der Waals surface area (Å²) in [6.07, 6.45) is 7.28. The Morgan fingerprint density at radius 1 is 1.20 bits per heavy atom. The predicted octanol–water partition coefficient (Wildman–Crippen LogP) is 1.20. The molecule has 114 valence electrons. The van der Waals surface area contributed by atoms with E-state index in [1.54, 1.807) is 0 Å². The van der Waals surface area contributed by atoms with Crippen molar-refractivity contribution in [1.82, 2.24) is 10.6 Å². The zero-order valence-electron chi connectivity index (χ0n) is 11.9. The molecule has 1 heterocycles. The minimum absolute atomic E-state index is 0.161. The largest absolute Gasteiger partial charge is 0.447 e. The lowest BCUT2D eigenvalue weighted by molar-refractivity contribution is -0.128. The molecule has 0 aromatic carbocycles. The first kappa shape index (κ1) is 15.1. The summed E-state index contributed by atoms with van der Waals surface area (Å²) in [5.74, 6) is 0.649. The molecule has 1 atom stereocenters. The highest BCUT2D eigenvalue weighted by atomic mass is 16.6. The lowest BCUT2D eigenvalue weighted by atomic mass is 9.87. The third-order valence-electron chi connectivity index (χ3n) is 3.94. The number of carbonyl (C=O) groups excluding carboxylic acids is 2. The first-order valence-electron chi connectivity index (χ1n) is 7.54. The van der Waals surface area contributed by atoms with Crippen LogP contribution in [-0.2, 0) is 14.3 Å². The standard InChI is InChI=1S/C14H24N2O4/c17-13-12(10-15-13)16-14(18)20-9-8-19-7-6-11-4-2-1-3-5-11/h11-12H,1-10H2,(H,15,17)(H,16,18)/t12-/m0/s1. The second kappa shape index (κ2) is 8.09. The number of amides is 2. The Balaban J connectivity index is 1.41. The molecular formula is C14H24N2O4. The van der Waals surface area contributed by atoms with Crippen LogP contribution in [0.1, 0.15) is 38.5 Å². The monoisotopic (exact) mass is 284 g/mol. The molecule has 0 unspecified atom stereocenters. The van der Waals surface area contributed by atoms with Crippen molar-refractivity contribution in [2.75, 3.05) is 26.4 Å². The molecule has 2 aliphatic rings. The summed E-state index contributed by atoms with van der Waals surface area (Å²) in [5, 5.41) is 5.03. The molecule has 2 N–H and O–H groups in total. The van der Waals surface area contributed by atoms with Gasteiger partial charge in [0.05, 0.1) is 6.61 Å². The number of hydrogen-bond donors (Lipinski definition) is 2. The van der Waals surface area contributed by atoms with Gasteiger partial charge in [-0.1, -0.05) is 32.1 Å². The molecular weight excluding hydrogens is 260 g/mol. The van der Waals surface area contributed by atoms with Gasteiger partial charge in [0.25, 0.3) is 0 Å². The fourth-order valence-electron chi connectivity index (χ4n) is 2.61. The maximum atomic E-state index is 11.3. The van der Waals surface area contributed by atoms with Crippen molar-refractivity contribution in [1.29, 1.82) is 0 Å². The Labute approximate surface area is 119 Å². The molecule has 2 rings (SSSR count). The van der Waals surface area contributed by atoms with Crippen molar-refractivity contribution < 1.29 is 19.1 Å². The molecule has 2 amide bonds. The number of nitrogens with one attached hydrogen (secondary N) is 2. The van der Waals surface area contributed by atoms with E-state index in [1.165, 1.54) is 32.1 Å². The van der Waals surface area contributed by atoms with Crippen LogP contribution in [0.3, 0.4) is 0 Å². The highest BCUT2D eigenvalue weighted by molar-refractivity contribution is 5.90. The first-order valence-corrected chi connectivity index (χ1v) is 7.54. The average molecular weight is 284 g/mol. The zero-order chi connectivity index (χ0) is 14.2. The molecule has 1 saturated carbocycles. The van der Waals surface area contributed by atoms with Crippen molar-refractivity contribution in [3.05, 3.63) is 0 Å². The molecule has 1 aliphatic heterocycles. The highest BCUT2D eigenvalue weighted by Crippen LogP contribution is 2.25. The quantitative estimate of drug-likeness (QED) is 0.544. The van der Waals surface area contributed by atoms with E-state index in [2.05, 4.69) is 10.6 Å². The minimum atomic E-state index is -0.555. The van der Waals surface area contributed by atoms with Crippen molar-refractivity contribution in [3.8, 4) is 0 Å². The Kier molecular flexibility index (Phi) is 6.11. The molecule has 0 spiro atoms. The van der Waals surface area contributed by atoms with Gasteiger partial charge in [0, 0.05) is 13.2 Å². The van der Waals surface area contributed by atoms with E-state index in [4.69, 9.17) is 9.47 Å². The zero-order valence-corrected chi connectivity index (χ0v) is 11.9. The molecule has 0 radical (unpaired) electrons. The van der Waals surface area contributed by atoms with E-state index in [9.17, 15) is 9.59 Å². The molecule has 1 saturated heterocycles. The van der Waals surface area contributed by atoms with E-state index in [0.29, 0.717) is 13.2 Å². The minimum Gasteiger partial charge on any atom is -0.447 e. The van der Waals surface area contributed by atoms with Crippen LogP contribution in [0.5, 0.6) is 0 Å². The lowest BCUT2D eigenvalue weighted by Crippen LogP contribution is -2.61. The Morgan fingerprint density at radius 3 is 2.65 bits per heavy atom. The second-order valence-corrected chi connectivity index (χ2v) is 5.48. The summed E-state index contributed by atoms with van der Waals surface area (Å²) >= 11 is 0. The van der Waals surface area contributed by atoms with E-state index in [1.807, 2.05) is 0 Å². The average Bonchev–Trinajstić information content (AvgIpc) is 2.48. The van der Waals surface area contributed by atoms with Gasteiger partial charge in [-0.05, 0) is 12.3 Å². The first-order chi connectivity index (χ1) is 9.75. The van der Waals surface area contributed by atoms with E-state index in [-0.39, 0.29) is 12.5 Å². The lowest BCUT2D eigenvalue weighted by Gasteiger charge is -2.26. The normalized spacial score (nSPS) is 22.8. The number of alkyl carbamates (subject to hydrolysis) is 1.